The molecule has 1 N–H and O–H groups in total. The highest BCUT2D eigenvalue weighted by molar-refractivity contribution is 7.15. The van der Waals surface area contributed by atoms with Gasteiger partial charge in [0.2, 0.25) is 0 Å². The van der Waals surface area contributed by atoms with Crippen molar-refractivity contribution in [3.8, 4) is 22.3 Å². The Morgan fingerprint density at radius 2 is 2.12 bits per heavy atom. The maximum atomic E-state index is 12.5. The minimum Gasteiger partial charge on any atom is -0.497 e. The Bertz CT molecular complexity index is 871. The standard InChI is InChI=1S/C18H18N2O4S/c1-11-16(25-18(20-11)15-5-4-8-24-15)10-19-17(21)13-9-12(22-2)6-7-14(13)23-3/h4-9H,10H2,1-3H3,(H,19,21). The predicted molar refractivity (Wildman–Crippen MR) is 95.3 cm³/mol. The van der Waals surface area contributed by atoms with E-state index in [-0.39, 0.29) is 5.91 Å². The van der Waals surface area contributed by atoms with Gasteiger partial charge in [0.25, 0.3) is 5.91 Å². The fourth-order valence-electron chi connectivity index (χ4n) is 2.34. The minimum atomic E-state index is -0.233. The van der Waals surface area contributed by atoms with Gasteiger partial charge in [-0.1, -0.05) is 0 Å². The monoisotopic (exact) mass is 358 g/mol. The van der Waals surface area contributed by atoms with Crippen LogP contribution in [-0.2, 0) is 6.54 Å². The van der Waals surface area contributed by atoms with E-state index in [1.54, 1.807) is 31.6 Å². The number of carbonyl (C=O) groups is 1. The normalized spacial score (nSPS) is 10.5. The number of ether oxygens (including phenoxy) is 2. The quantitative estimate of drug-likeness (QED) is 0.728. The molecule has 0 aliphatic heterocycles. The molecule has 0 fully saturated rings. The van der Waals surface area contributed by atoms with Crippen molar-refractivity contribution in [1.29, 1.82) is 0 Å². The number of aromatic nitrogens is 1. The van der Waals surface area contributed by atoms with Gasteiger partial charge in [0, 0.05) is 4.88 Å². The van der Waals surface area contributed by atoms with Gasteiger partial charge in [-0.2, -0.15) is 0 Å². The molecule has 0 unspecified atom stereocenters. The van der Waals surface area contributed by atoms with Crippen LogP contribution in [0.25, 0.3) is 10.8 Å². The molecule has 6 nitrogen and oxygen atoms in total. The second-order valence-corrected chi connectivity index (χ2v) is 6.34. The van der Waals surface area contributed by atoms with Gasteiger partial charge in [0.05, 0.1) is 38.3 Å². The number of carbonyl (C=O) groups excluding carboxylic acids is 1. The Balaban J connectivity index is 1.75. The number of amides is 1. The van der Waals surface area contributed by atoms with Crippen molar-refractivity contribution in [1.82, 2.24) is 10.3 Å². The fourth-order valence-corrected chi connectivity index (χ4v) is 3.32. The van der Waals surface area contributed by atoms with Crippen molar-refractivity contribution >= 4 is 17.2 Å². The molecule has 0 saturated carbocycles. The van der Waals surface area contributed by atoms with E-state index < -0.39 is 0 Å². The number of nitrogens with zero attached hydrogens (tertiary/aromatic N) is 1. The summed E-state index contributed by atoms with van der Waals surface area (Å²) in [5, 5.41) is 3.70. The summed E-state index contributed by atoms with van der Waals surface area (Å²) in [4.78, 5) is 18.0. The molecule has 3 rings (SSSR count). The summed E-state index contributed by atoms with van der Waals surface area (Å²) < 4.78 is 15.8. The van der Waals surface area contributed by atoms with Crippen molar-refractivity contribution in [3.63, 3.8) is 0 Å². The molecule has 0 spiro atoms. The van der Waals surface area contributed by atoms with E-state index in [4.69, 9.17) is 13.9 Å². The van der Waals surface area contributed by atoms with Crippen LogP contribution in [-0.4, -0.2) is 25.1 Å². The lowest BCUT2D eigenvalue weighted by Gasteiger charge is -2.10. The molecule has 0 atom stereocenters. The topological polar surface area (TPSA) is 73.6 Å². The van der Waals surface area contributed by atoms with E-state index in [1.165, 1.54) is 18.4 Å². The number of rotatable bonds is 6. The van der Waals surface area contributed by atoms with Crippen molar-refractivity contribution in [2.24, 2.45) is 0 Å². The van der Waals surface area contributed by atoms with Crippen molar-refractivity contribution in [3.05, 3.63) is 52.7 Å². The number of furan rings is 1. The molecule has 130 valence electrons. The van der Waals surface area contributed by atoms with Gasteiger partial charge in [-0.25, -0.2) is 4.98 Å². The van der Waals surface area contributed by atoms with E-state index in [0.29, 0.717) is 23.6 Å². The summed E-state index contributed by atoms with van der Waals surface area (Å²) in [6.07, 6.45) is 1.61. The van der Waals surface area contributed by atoms with Crippen LogP contribution < -0.4 is 14.8 Å². The average molecular weight is 358 g/mol. The molecular formula is C18H18N2O4S. The van der Waals surface area contributed by atoms with E-state index >= 15 is 0 Å². The number of aryl methyl sites for hydroxylation is 1. The average Bonchev–Trinajstić information content (AvgIpc) is 3.28. The predicted octanol–water partition coefficient (Wildman–Crippen LogP) is 3.66. The molecule has 1 amide bonds. The van der Waals surface area contributed by atoms with Crippen LogP contribution in [0.5, 0.6) is 11.5 Å². The molecule has 25 heavy (non-hydrogen) atoms. The largest absolute Gasteiger partial charge is 0.497 e. The number of hydrogen-bond acceptors (Lipinski definition) is 6. The smallest absolute Gasteiger partial charge is 0.255 e. The molecule has 2 heterocycles. The Hall–Kier alpha value is -2.80. The summed E-state index contributed by atoms with van der Waals surface area (Å²) in [6.45, 7) is 2.29. The number of benzene rings is 1. The van der Waals surface area contributed by atoms with Crippen LogP contribution in [0.3, 0.4) is 0 Å². The number of methoxy groups -OCH3 is 2. The van der Waals surface area contributed by atoms with Gasteiger partial charge in [0.1, 0.15) is 11.5 Å². The summed E-state index contributed by atoms with van der Waals surface area (Å²) >= 11 is 1.50. The first-order valence-corrected chi connectivity index (χ1v) is 8.44. The van der Waals surface area contributed by atoms with Gasteiger partial charge in [-0.15, -0.1) is 11.3 Å². The molecule has 0 aliphatic rings. The summed E-state index contributed by atoms with van der Waals surface area (Å²) in [7, 11) is 3.09. The van der Waals surface area contributed by atoms with E-state index in [1.807, 2.05) is 19.1 Å². The number of nitrogens with one attached hydrogen (secondary N) is 1. The Morgan fingerprint density at radius 1 is 1.28 bits per heavy atom. The van der Waals surface area contributed by atoms with Crippen LogP contribution in [0.4, 0.5) is 0 Å². The molecule has 2 aromatic heterocycles. The third-order valence-electron chi connectivity index (χ3n) is 3.69. The Morgan fingerprint density at radius 3 is 2.80 bits per heavy atom. The lowest BCUT2D eigenvalue weighted by molar-refractivity contribution is 0.0948. The zero-order chi connectivity index (χ0) is 17.8. The third kappa shape index (κ3) is 3.66. The van der Waals surface area contributed by atoms with Crippen LogP contribution in [0.1, 0.15) is 20.9 Å². The minimum absolute atomic E-state index is 0.233. The first-order valence-electron chi connectivity index (χ1n) is 7.62. The highest BCUT2D eigenvalue weighted by Crippen LogP contribution is 2.28. The highest BCUT2D eigenvalue weighted by atomic mass is 32.1. The highest BCUT2D eigenvalue weighted by Gasteiger charge is 2.16. The first-order chi connectivity index (χ1) is 12.1. The number of hydrogen-bond donors (Lipinski definition) is 1. The molecule has 0 saturated heterocycles. The van der Waals surface area contributed by atoms with Gasteiger partial charge < -0.3 is 19.2 Å². The Labute approximate surface area is 149 Å². The van der Waals surface area contributed by atoms with Gasteiger partial charge >= 0.3 is 0 Å². The van der Waals surface area contributed by atoms with Crippen LogP contribution in [0.2, 0.25) is 0 Å². The SMILES string of the molecule is COc1ccc(OC)c(C(=O)NCc2sc(-c3ccco3)nc2C)c1. The van der Waals surface area contributed by atoms with Crippen LogP contribution in [0, 0.1) is 6.92 Å². The summed E-state index contributed by atoms with van der Waals surface area (Å²) in [5.41, 5.74) is 1.30. The third-order valence-corrected chi connectivity index (χ3v) is 4.86. The van der Waals surface area contributed by atoms with Crippen LogP contribution in [0.15, 0.2) is 41.0 Å². The lowest BCUT2D eigenvalue weighted by Crippen LogP contribution is -2.23. The summed E-state index contributed by atoms with van der Waals surface area (Å²) in [6, 6.07) is 8.80. The fraction of sp³-hybridized carbons (Fsp3) is 0.222. The zero-order valence-electron chi connectivity index (χ0n) is 14.2. The van der Waals surface area contributed by atoms with Gasteiger partial charge in [-0.05, 0) is 37.3 Å². The van der Waals surface area contributed by atoms with Crippen LogP contribution >= 0.6 is 11.3 Å². The molecule has 3 aromatic rings. The molecule has 7 heteroatoms. The van der Waals surface area contributed by atoms with E-state index in [9.17, 15) is 4.79 Å². The van der Waals surface area contributed by atoms with Crippen molar-refractivity contribution < 1.29 is 18.7 Å². The molecule has 0 radical (unpaired) electrons. The van der Waals surface area contributed by atoms with E-state index in [0.717, 1.165) is 21.3 Å². The second-order valence-electron chi connectivity index (χ2n) is 5.25. The molecule has 1 aromatic carbocycles. The van der Waals surface area contributed by atoms with Gasteiger partial charge in [-0.3, -0.25) is 4.79 Å². The second kappa shape index (κ2) is 7.40. The zero-order valence-corrected chi connectivity index (χ0v) is 15.0. The Kier molecular flexibility index (Phi) is 5.04. The molecular weight excluding hydrogens is 340 g/mol. The van der Waals surface area contributed by atoms with Crippen molar-refractivity contribution in [2.45, 2.75) is 13.5 Å². The van der Waals surface area contributed by atoms with Crippen molar-refractivity contribution in [2.75, 3.05) is 14.2 Å². The molecule has 0 bridgehead atoms. The first kappa shape index (κ1) is 17.0. The van der Waals surface area contributed by atoms with Gasteiger partial charge in [0.15, 0.2) is 10.8 Å². The van der Waals surface area contributed by atoms with E-state index in [2.05, 4.69) is 10.3 Å². The maximum Gasteiger partial charge on any atom is 0.255 e. The molecule has 0 aliphatic carbocycles. The number of thiazole rings is 1. The summed E-state index contributed by atoms with van der Waals surface area (Å²) in [5.74, 6) is 1.58. The lowest BCUT2D eigenvalue weighted by atomic mass is 10.1. The maximum absolute atomic E-state index is 12.5.